The third-order valence-electron chi connectivity index (χ3n) is 7.31. The predicted molar refractivity (Wildman–Crippen MR) is 113 cm³/mol. The molecule has 39 heteroatoms. The Morgan fingerprint density at radius 2 is 0.400 bits per heavy atom. The Bertz CT molecular complexity index is 1590. The van der Waals surface area contributed by atoms with Gasteiger partial charge in [0.05, 0.1) is 0 Å². The van der Waals surface area contributed by atoms with E-state index < -0.39 is 131 Å². The zero-order valence-corrected chi connectivity index (χ0v) is 26.6. The third-order valence-corrected chi connectivity index (χ3v) is 7.85. The average Bonchev–Trinajstić information content (AvgIpc) is 3.02. The van der Waals surface area contributed by atoms with Crippen LogP contribution >= 0.6 is 11.8 Å². The lowest BCUT2D eigenvalue weighted by Crippen LogP contribution is -2.80. The van der Waals surface area contributed by atoms with Crippen molar-refractivity contribution in [2.45, 2.75) is 113 Å². The molecule has 0 N–H and O–H groups in total. The number of thioether (sulfide) groups is 1. The molecule has 60 heavy (non-hydrogen) atoms. The number of hydrogen-bond donors (Lipinski definition) is 0. The summed E-state index contributed by atoms with van der Waals surface area (Å²) >= 11 is -0.732. The zero-order chi connectivity index (χ0) is 49.8. The van der Waals surface area contributed by atoms with Crippen molar-refractivity contribution in [3.05, 3.63) is 0 Å². The molecular weight excluding hydrogens is 1000 g/mol. The van der Waals surface area contributed by atoms with E-state index in [1.165, 1.54) is 0 Å². The Morgan fingerprint density at radius 1 is 0.250 bits per heavy atom. The maximum Gasteiger partial charge on any atom is 0.460 e. The Morgan fingerprint density at radius 3 is 0.550 bits per heavy atom. The fraction of sp³-hybridized carbons (Fsp3) is 0.952. The summed E-state index contributed by atoms with van der Waals surface area (Å²) in [7, 11) is 0. The number of rotatable bonds is 19. The number of nitriles is 1. The van der Waals surface area contributed by atoms with Gasteiger partial charge in [-0.25, -0.2) is 0 Å². The number of halogens is 37. The fourth-order valence-electron chi connectivity index (χ4n) is 3.55. The molecule has 0 unspecified atom stereocenters. The van der Waals surface area contributed by atoms with Gasteiger partial charge in [-0.05, 0) is 11.8 Å². The largest absolute Gasteiger partial charge is 0.460 e. The highest BCUT2D eigenvalue weighted by molar-refractivity contribution is 8.03. The third kappa shape index (κ3) is 6.66. The molecule has 0 aromatic carbocycles. The average molecular weight is 1010 g/mol. The van der Waals surface area contributed by atoms with E-state index in [0.717, 1.165) is 0 Å². The smallest absolute Gasteiger partial charge is 0.200 e. The molecule has 0 aliphatic heterocycles. The van der Waals surface area contributed by atoms with Gasteiger partial charge in [-0.3, -0.25) is 0 Å². The summed E-state index contributed by atoms with van der Waals surface area (Å²) in [4.78, 5) is 0. The highest BCUT2D eigenvalue weighted by Crippen LogP contribution is 2.70. The van der Waals surface area contributed by atoms with Gasteiger partial charge < -0.3 is 0 Å². The van der Waals surface area contributed by atoms with E-state index in [1.807, 2.05) is 0 Å². The molecule has 0 fully saturated rings. The summed E-state index contributed by atoms with van der Waals surface area (Å²) in [6.45, 7) is 0. The van der Waals surface area contributed by atoms with Crippen LogP contribution in [0.15, 0.2) is 0 Å². The molecule has 0 saturated carbocycles. The van der Waals surface area contributed by atoms with Crippen molar-refractivity contribution in [2.24, 2.45) is 0 Å². The van der Waals surface area contributed by atoms with Crippen molar-refractivity contribution in [2.75, 3.05) is 5.75 Å². The molecule has 0 aliphatic carbocycles. The standard InChI is InChI=1S/C21H4F37NS/c22-4(23,1-2-60-3-59)5(24,25)6(26,27)7(28,29)8(30,31)9(32,33)10(34,35)11(36,37)12(38,39)13(40,41)14(42,43)15(44,45)16(46,47)17(48,49)18(50,51)19(52,53)20(54,55)21(56,57)58/h1-2H2. The summed E-state index contributed by atoms with van der Waals surface area (Å²) in [5, 5.41) is 8.65. The first-order chi connectivity index (χ1) is 25.3. The molecule has 0 radical (unpaired) electrons. The summed E-state index contributed by atoms with van der Waals surface area (Å²) < 4.78 is 503. The van der Waals surface area contributed by atoms with Crippen LogP contribution in [0.1, 0.15) is 6.42 Å². The molecule has 0 rings (SSSR count). The van der Waals surface area contributed by atoms with E-state index in [4.69, 9.17) is 5.26 Å². The maximum atomic E-state index is 14.0. The quantitative estimate of drug-likeness (QED) is 0.0731. The van der Waals surface area contributed by atoms with Crippen LogP contribution in [0.3, 0.4) is 0 Å². The molecular formula is C21H4F37NS. The Hall–Kier alpha value is -2.75. The van der Waals surface area contributed by atoms with Crippen molar-refractivity contribution in [3.63, 3.8) is 0 Å². The topological polar surface area (TPSA) is 23.8 Å². The second kappa shape index (κ2) is 14.4. The van der Waals surface area contributed by atoms with Crippen LogP contribution in [0.25, 0.3) is 0 Å². The summed E-state index contributed by atoms with van der Waals surface area (Å²) in [6.07, 6.45) is -11.6. The molecule has 0 aromatic rings. The molecule has 358 valence electrons. The fourth-order valence-corrected chi connectivity index (χ4v) is 4.00. The maximum absolute atomic E-state index is 14.0. The SMILES string of the molecule is N#CSCCC(F)(F)C(F)(F)C(F)(F)C(F)(F)C(F)(F)C(F)(F)C(F)(F)C(F)(F)C(F)(F)C(F)(F)C(F)(F)C(F)(F)C(F)(F)C(F)(F)C(F)(F)C(F)(F)C(F)(F)C(F)(F)F. The monoisotopic (exact) mass is 1000 g/mol. The van der Waals surface area contributed by atoms with Crippen molar-refractivity contribution in [1.29, 1.82) is 5.26 Å². The van der Waals surface area contributed by atoms with Crippen molar-refractivity contribution in [1.82, 2.24) is 0 Å². The van der Waals surface area contributed by atoms with E-state index in [1.54, 1.807) is 0 Å². The number of thiocyanates is 1. The highest BCUT2D eigenvalue weighted by Gasteiger charge is 3.02. The van der Waals surface area contributed by atoms with Crippen LogP contribution in [0.2, 0.25) is 0 Å². The van der Waals surface area contributed by atoms with Crippen LogP contribution in [0, 0.1) is 10.7 Å². The van der Waals surface area contributed by atoms with Gasteiger partial charge in [0.2, 0.25) is 0 Å². The second-order valence-corrected chi connectivity index (χ2v) is 12.0. The predicted octanol–water partition coefficient (Wildman–Crippen LogP) is 13.0. The molecule has 0 bridgehead atoms. The van der Waals surface area contributed by atoms with Crippen LogP contribution in [-0.2, 0) is 0 Å². The van der Waals surface area contributed by atoms with Crippen LogP contribution in [-0.4, -0.2) is 113 Å². The molecule has 0 spiro atoms. The Kier molecular flexibility index (Phi) is 13.7. The van der Waals surface area contributed by atoms with Gasteiger partial charge in [0.25, 0.3) is 0 Å². The minimum atomic E-state index is -10.4. The van der Waals surface area contributed by atoms with Gasteiger partial charge in [-0.15, -0.1) is 0 Å². The molecule has 0 atom stereocenters. The van der Waals surface area contributed by atoms with Crippen LogP contribution in [0.4, 0.5) is 162 Å². The van der Waals surface area contributed by atoms with Gasteiger partial charge in [0, 0.05) is 12.2 Å². The Labute approximate surface area is 305 Å². The van der Waals surface area contributed by atoms with Gasteiger partial charge in [-0.1, -0.05) is 0 Å². The Balaban J connectivity index is 7.82. The van der Waals surface area contributed by atoms with Crippen LogP contribution in [0.5, 0.6) is 0 Å². The highest BCUT2D eigenvalue weighted by atomic mass is 32.2. The van der Waals surface area contributed by atoms with Gasteiger partial charge in [-0.2, -0.15) is 168 Å². The molecule has 0 amide bonds. The van der Waals surface area contributed by atoms with Crippen LogP contribution < -0.4 is 0 Å². The summed E-state index contributed by atoms with van der Waals surface area (Å²) in [5.74, 6) is -167. The molecule has 1 nitrogen and oxygen atoms in total. The molecule has 0 heterocycles. The van der Waals surface area contributed by atoms with E-state index >= 15 is 0 Å². The van der Waals surface area contributed by atoms with Gasteiger partial charge in [0.15, 0.2) is 0 Å². The number of nitrogens with zero attached hydrogens (tertiary/aromatic N) is 1. The lowest BCUT2D eigenvalue weighted by molar-refractivity contribution is -0.493. The van der Waals surface area contributed by atoms with Gasteiger partial charge in [0.1, 0.15) is 5.40 Å². The first-order valence-electron chi connectivity index (χ1n) is 12.8. The summed E-state index contributed by atoms with van der Waals surface area (Å²) in [6, 6.07) is 0. The van der Waals surface area contributed by atoms with Crippen molar-refractivity contribution < 1.29 is 162 Å². The lowest BCUT2D eigenvalue weighted by atomic mass is 9.82. The normalized spacial score (nSPS) is 16.9. The number of alkyl halides is 37. The zero-order valence-electron chi connectivity index (χ0n) is 25.8. The van der Waals surface area contributed by atoms with Crippen molar-refractivity contribution in [3.8, 4) is 5.40 Å². The molecule has 0 aromatic heterocycles. The summed E-state index contributed by atoms with van der Waals surface area (Å²) in [5.41, 5.74) is 0. The van der Waals surface area contributed by atoms with E-state index in [0.29, 0.717) is 5.40 Å². The lowest BCUT2D eigenvalue weighted by Gasteiger charge is -2.47. The first kappa shape index (κ1) is 57.2. The van der Waals surface area contributed by atoms with E-state index in [9.17, 15) is 162 Å². The molecule has 0 aliphatic rings. The minimum absolute atomic E-state index is 0.649. The van der Waals surface area contributed by atoms with Crippen molar-refractivity contribution >= 4 is 11.8 Å². The molecule has 0 saturated heterocycles. The van der Waals surface area contributed by atoms with E-state index in [2.05, 4.69) is 0 Å². The van der Waals surface area contributed by atoms with E-state index in [-0.39, 0.29) is 0 Å². The minimum Gasteiger partial charge on any atom is -0.200 e. The van der Waals surface area contributed by atoms with Gasteiger partial charge >= 0.3 is 107 Å². The second-order valence-electron chi connectivity index (χ2n) is 11.1. The number of hydrogen-bond acceptors (Lipinski definition) is 2. The first-order valence-corrected chi connectivity index (χ1v) is 13.8.